The van der Waals surface area contributed by atoms with Gasteiger partial charge in [0.2, 0.25) is 0 Å². The lowest BCUT2D eigenvalue weighted by molar-refractivity contribution is -0.137. The Labute approximate surface area is 134 Å². The number of esters is 1. The van der Waals surface area contributed by atoms with Crippen LogP contribution in [-0.4, -0.2) is 19.0 Å². The number of hydrogen-bond acceptors (Lipinski definition) is 3. The Morgan fingerprint density at radius 2 is 1.95 bits per heavy atom. The molecule has 0 spiro atoms. The molecule has 0 bridgehead atoms. The summed E-state index contributed by atoms with van der Waals surface area (Å²) >= 11 is 5.89. The first-order chi connectivity index (χ1) is 10.7. The van der Waals surface area contributed by atoms with Gasteiger partial charge in [0.15, 0.2) is 0 Å². The molecule has 2 aromatic carbocycles. The first kappa shape index (κ1) is 14.9. The fraction of sp³-hybridized carbons (Fsp3) is 0.278. The topological polar surface area (TPSA) is 35.5 Å². The molecule has 3 rings (SSSR count). The Morgan fingerprint density at radius 3 is 2.64 bits per heavy atom. The molecule has 1 aliphatic heterocycles. The van der Waals surface area contributed by atoms with Crippen LogP contribution >= 0.6 is 11.6 Å². The van der Waals surface area contributed by atoms with E-state index in [1.165, 1.54) is 0 Å². The van der Waals surface area contributed by atoms with Gasteiger partial charge in [-0.2, -0.15) is 0 Å². The van der Waals surface area contributed by atoms with E-state index in [0.29, 0.717) is 23.8 Å². The predicted octanol–water partition coefficient (Wildman–Crippen LogP) is 3.92. The maximum absolute atomic E-state index is 12.8. The normalized spacial score (nSPS) is 19.6. The average Bonchev–Trinajstić information content (AvgIpc) is 2.85. The van der Waals surface area contributed by atoms with Crippen molar-refractivity contribution in [2.45, 2.75) is 18.3 Å². The Balaban J connectivity index is 2.20. The second kappa shape index (κ2) is 6.01. The second-order valence-corrected chi connectivity index (χ2v) is 5.69. The molecule has 1 aliphatic rings. The summed E-state index contributed by atoms with van der Waals surface area (Å²) in [7, 11) is 1.61. The number of alkyl halides is 1. The highest BCUT2D eigenvalue weighted by atomic mass is 35.5. The summed E-state index contributed by atoms with van der Waals surface area (Å²) in [6, 6.07) is 15.2. The fourth-order valence-electron chi connectivity index (χ4n) is 3.06. The van der Waals surface area contributed by atoms with Crippen molar-refractivity contribution in [3.8, 4) is 11.5 Å². The molecule has 1 unspecified atom stereocenters. The third-order valence-corrected chi connectivity index (χ3v) is 4.42. The molecule has 0 radical (unpaired) electrons. The van der Waals surface area contributed by atoms with Crippen LogP contribution in [0.15, 0.2) is 48.5 Å². The summed E-state index contributed by atoms with van der Waals surface area (Å²) in [5, 5.41) is 0. The summed E-state index contributed by atoms with van der Waals surface area (Å²) < 4.78 is 10.9. The SMILES string of the molecule is COc1ccc2c(c1)C(CCCCl)(c1ccccc1)C(=O)O2. The van der Waals surface area contributed by atoms with E-state index in [1.807, 2.05) is 36.4 Å². The Kier molecular flexibility index (Phi) is 4.08. The van der Waals surface area contributed by atoms with Crippen molar-refractivity contribution in [2.24, 2.45) is 0 Å². The zero-order valence-corrected chi connectivity index (χ0v) is 13.1. The molecule has 3 nitrogen and oxygen atoms in total. The standard InChI is InChI=1S/C18H17ClO3/c1-21-14-8-9-16-15(12-14)18(10-5-11-19,17(20)22-16)13-6-3-2-4-7-13/h2-4,6-9,12H,5,10-11H2,1H3. The van der Waals surface area contributed by atoms with E-state index in [-0.39, 0.29) is 5.97 Å². The van der Waals surface area contributed by atoms with Crippen LogP contribution in [0.2, 0.25) is 0 Å². The maximum atomic E-state index is 12.8. The van der Waals surface area contributed by atoms with Gasteiger partial charge >= 0.3 is 5.97 Å². The largest absolute Gasteiger partial charge is 0.497 e. The van der Waals surface area contributed by atoms with Gasteiger partial charge in [0.1, 0.15) is 16.9 Å². The lowest BCUT2D eigenvalue weighted by Crippen LogP contribution is -2.35. The van der Waals surface area contributed by atoms with E-state index in [1.54, 1.807) is 19.2 Å². The Bertz CT molecular complexity index is 684. The van der Waals surface area contributed by atoms with Crippen LogP contribution in [0.25, 0.3) is 0 Å². The van der Waals surface area contributed by atoms with Crippen molar-refractivity contribution in [2.75, 3.05) is 13.0 Å². The van der Waals surface area contributed by atoms with Gasteiger partial charge in [0.05, 0.1) is 7.11 Å². The van der Waals surface area contributed by atoms with Crippen LogP contribution in [-0.2, 0) is 10.2 Å². The molecule has 4 heteroatoms. The highest BCUT2D eigenvalue weighted by molar-refractivity contribution is 6.17. The smallest absolute Gasteiger partial charge is 0.326 e. The molecule has 0 N–H and O–H groups in total. The van der Waals surface area contributed by atoms with Gasteiger partial charge in [-0.3, -0.25) is 4.79 Å². The first-order valence-corrected chi connectivity index (χ1v) is 7.78. The molecule has 114 valence electrons. The van der Waals surface area contributed by atoms with E-state index >= 15 is 0 Å². The molecular formula is C18H17ClO3. The third-order valence-electron chi connectivity index (χ3n) is 4.15. The Hall–Kier alpha value is -2.00. The van der Waals surface area contributed by atoms with Crippen molar-refractivity contribution in [3.05, 3.63) is 59.7 Å². The van der Waals surface area contributed by atoms with Crippen molar-refractivity contribution in [1.82, 2.24) is 0 Å². The molecule has 1 atom stereocenters. The number of ether oxygens (including phenoxy) is 2. The van der Waals surface area contributed by atoms with E-state index in [0.717, 1.165) is 17.5 Å². The molecule has 0 amide bonds. The number of methoxy groups -OCH3 is 1. The molecule has 22 heavy (non-hydrogen) atoms. The van der Waals surface area contributed by atoms with Crippen molar-refractivity contribution in [3.63, 3.8) is 0 Å². The lowest BCUT2D eigenvalue weighted by atomic mass is 9.72. The monoisotopic (exact) mass is 316 g/mol. The predicted molar refractivity (Wildman–Crippen MR) is 85.8 cm³/mol. The molecule has 0 saturated carbocycles. The summed E-state index contributed by atoms with van der Waals surface area (Å²) in [6.07, 6.45) is 1.34. The molecule has 2 aromatic rings. The van der Waals surface area contributed by atoms with Crippen molar-refractivity contribution < 1.29 is 14.3 Å². The van der Waals surface area contributed by atoms with E-state index in [9.17, 15) is 4.79 Å². The second-order valence-electron chi connectivity index (χ2n) is 5.32. The first-order valence-electron chi connectivity index (χ1n) is 7.24. The van der Waals surface area contributed by atoms with Gasteiger partial charge in [-0.15, -0.1) is 11.6 Å². The van der Waals surface area contributed by atoms with Crippen LogP contribution in [0, 0.1) is 0 Å². The lowest BCUT2D eigenvalue weighted by Gasteiger charge is -2.26. The summed E-state index contributed by atoms with van der Waals surface area (Å²) in [5.74, 6) is 1.57. The summed E-state index contributed by atoms with van der Waals surface area (Å²) in [5.41, 5.74) is 0.977. The average molecular weight is 317 g/mol. The molecule has 0 aliphatic carbocycles. The fourth-order valence-corrected chi connectivity index (χ4v) is 3.20. The molecular weight excluding hydrogens is 300 g/mol. The highest BCUT2D eigenvalue weighted by Crippen LogP contribution is 2.48. The summed E-state index contributed by atoms with van der Waals surface area (Å²) in [6.45, 7) is 0. The highest BCUT2D eigenvalue weighted by Gasteiger charge is 2.50. The van der Waals surface area contributed by atoms with E-state index in [4.69, 9.17) is 21.1 Å². The quantitative estimate of drug-likeness (QED) is 0.476. The van der Waals surface area contributed by atoms with Crippen molar-refractivity contribution >= 4 is 17.6 Å². The number of fused-ring (bicyclic) bond motifs is 1. The van der Waals surface area contributed by atoms with E-state index < -0.39 is 5.41 Å². The number of rotatable bonds is 5. The number of hydrogen-bond donors (Lipinski definition) is 0. The van der Waals surface area contributed by atoms with Crippen LogP contribution < -0.4 is 9.47 Å². The van der Waals surface area contributed by atoms with Gasteiger partial charge in [-0.1, -0.05) is 30.3 Å². The zero-order valence-electron chi connectivity index (χ0n) is 12.3. The van der Waals surface area contributed by atoms with Gasteiger partial charge < -0.3 is 9.47 Å². The number of carbonyl (C=O) groups is 1. The maximum Gasteiger partial charge on any atom is 0.326 e. The van der Waals surface area contributed by atoms with Crippen LogP contribution in [0.1, 0.15) is 24.0 Å². The van der Waals surface area contributed by atoms with Gasteiger partial charge in [-0.25, -0.2) is 0 Å². The molecule has 0 saturated heterocycles. The van der Waals surface area contributed by atoms with Crippen LogP contribution in [0.4, 0.5) is 0 Å². The minimum absolute atomic E-state index is 0.243. The molecule has 0 fully saturated rings. The molecule has 1 heterocycles. The van der Waals surface area contributed by atoms with Crippen molar-refractivity contribution in [1.29, 1.82) is 0 Å². The number of benzene rings is 2. The minimum Gasteiger partial charge on any atom is -0.497 e. The van der Waals surface area contributed by atoms with E-state index in [2.05, 4.69) is 0 Å². The third kappa shape index (κ3) is 2.26. The van der Waals surface area contributed by atoms with Gasteiger partial charge in [0, 0.05) is 11.4 Å². The van der Waals surface area contributed by atoms with Gasteiger partial charge in [0.25, 0.3) is 0 Å². The molecule has 0 aromatic heterocycles. The number of carbonyl (C=O) groups excluding carboxylic acids is 1. The zero-order chi connectivity index (χ0) is 15.6. The van der Waals surface area contributed by atoms with Crippen LogP contribution in [0.3, 0.4) is 0 Å². The Morgan fingerprint density at radius 1 is 1.18 bits per heavy atom. The minimum atomic E-state index is -0.806. The summed E-state index contributed by atoms with van der Waals surface area (Å²) in [4.78, 5) is 12.8. The van der Waals surface area contributed by atoms with Gasteiger partial charge in [-0.05, 0) is 36.6 Å². The van der Waals surface area contributed by atoms with Crippen LogP contribution in [0.5, 0.6) is 11.5 Å². The number of halogens is 1.